The number of phenols is 1. The summed E-state index contributed by atoms with van der Waals surface area (Å²) in [5.74, 6) is 1.99. The number of anilines is 3. The number of nitrogens with one attached hydrogen (secondary N) is 2. The second-order valence-electron chi connectivity index (χ2n) is 8.55. The van der Waals surface area contributed by atoms with Crippen molar-refractivity contribution < 1.29 is 14.9 Å². The molecule has 0 bridgehead atoms. The number of benzene rings is 2. The van der Waals surface area contributed by atoms with Gasteiger partial charge in [-0.2, -0.15) is 4.98 Å². The van der Waals surface area contributed by atoms with E-state index < -0.39 is 0 Å². The van der Waals surface area contributed by atoms with Crippen LogP contribution in [0.5, 0.6) is 11.5 Å². The zero-order valence-corrected chi connectivity index (χ0v) is 19.9. The SMILES string of the molecule is COc1ccc(Nc2nc(C)c(-c3nc4ccccc4s3)c(N[C@H]3CC[C@@H](CO)C3)n2)c(O)c1. The number of ether oxygens (including phenoxy) is 1. The summed E-state index contributed by atoms with van der Waals surface area (Å²) in [4.78, 5) is 14.3. The van der Waals surface area contributed by atoms with Gasteiger partial charge in [0.05, 0.1) is 34.3 Å². The minimum Gasteiger partial charge on any atom is -0.506 e. The summed E-state index contributed by atoms with van der Waals surface area (Å²) in [5.41, 5.74) is 3.08. The van der Waals surface area contributed by atoms with Crippen LogP contribution in [0.25, 0.3) is 20.8 Å². The molecular weight excluding hydrogens is 450 g/mol. The van der Waals surface area contributed by atoms with Gasteiger partial charge in [-0.15, -0.1) is 11.3 Å². The van der Waals surface area contributed by atoms with Gasteiger partial charge in [0.15, 0.2) is 0 Å². The maximum atomic E-state index is 10.4. The summed E-state index contributed by atoms with van der Waals surface area (Å²) in [6.07, 6.45) is 2.84. The first-order valence-corrected chi connectivity index (χ1v) is 12.1. The molecule has 0 radical (unpaired) electrons. The smallest absolute Gasteiger partial charge is 0.229 e. The Morgan fingerprint density at radius 1 is 1.12 bits per heavy atom. The molecular formula is C25H27N5O3S. The van der Waals surface area contributed by atoms with Crippen LogP contribution in [0, 0.1) is 12.8 Å². The molecule has 4 N–H and O–H groups in total. The van der Waals surface area contributed by atoms with E-state index in [9.17, 15) is 10.2 Å². The molecule has 9 heteroatoms. The fourth-order valence-corrected chi connectivity index (χ4v) is 5.46. The van der Waals surface area contributed by atoms with E-state index in [1.54, 1.807) is 30.6 Å². The average Bonchev–Trinajstić information content (AvgIpc) is 3.46. The molecule has 5 rings (SSSR count). The molecule has 1 fully saturated rings. The number of methoxy groups -OCH3 is 1. The predicted octanol–water partition coefficient (Wildman–Crippen LogP) is 5.09. The Hall–Kier alpha value is -3.43. The largest absolute Gasteiger partial charge is 0.506 e. The second-order valence-corrected chi connectivity index (χ2v) is 9.58. The Morgan fingerprint density at radius 2 is 1.97 bits per heavy atom. The van der Waals surface area contributed by atoms with Crippen molar-refractivity contribution in [3.8, 4) is 22.1 Å². The zero-order chi connectivity index (χ0) is 23.7. The van der Waals surface area contributed by atoms with E-state index in [0.29, 0.717) is 29.1 Å². The highest BCUT2D eigenvalue weighted by Gasteiger charge is 2.27. The highest BCUT2D eigenvalue weighted by Crippen LogP contribution is 2.38. The van der Waals surface area contributed by atoms with Gasteiger partial charge in [-0.05, 0) is 56.4 Å². The number of aryl methyl sites for hydroxylation is 1. The minimum absolute atomic E-state index is 0.0481. The number of fused-ring (bicyclic) bond motifs is 1. The number of aromatic nitrogens is 3. The second kappa shape index (κ2) is 9.44. The molecule has 0 saturated heterocycles. The van der Waals surface area contributed by atoms with Gasteiger partial charge in [-0.1, -0.05) is 12.1 Å². The number of thiazole rings is 1. The Kier molecular flexibility index (Phi) is 6.21. The van der Waals surface area contributed by atoms with Crippen LogP contribution in [0.4, 0.5) is 17.5 Å². The summed E-state index contributed by atoms with van der Waals surface area (Å²) in [7, 11) is 1.55. The molecule has 0 spiro atoms. The maximum absolute atomic E-state index is 10.4. The van der Waals surface area contributed by atoms with E-state index in [0.717, 1.165) is 45.7 Å². The first-order chi connectivity index (χ1) is 16.5. The van der Waals surface area contributed by atoms with Crippen LogP contribution in [-0.4, -0.2) is 44.9 Å². The van der Waals surface area contributed by atoms with E-state index in [1.807, 2.05) is 25.1 Å². The molecule has 2 aromatic heterocycles. The Balaban J connectivity index is 1.53. The monoisotopic (exact) mass is 477 g/mol. The first-order valence-electron chi connectivity index (χ1n) is 11.3. The number of aliphatic hydroxyl groups excluding tert-OH is 1. The summed E-state index contributed by atoms with van der Waals surface area (Å²) >= 11 is 1.61. The van der Waals surface area contributed by atoms with Crippen molar-refractivity contribution in [1.82, 2.24) is 15.0 Å². The molecule has 34 heavy (non-hydrogen) atoms. The number of phenolic OH excluding ortho intramolecular Hbond substituents is 1. The Morgan fingerprint density at radius 3 is 2.71 bits per heavy atom. The zero-order valence-electron chi connectivity index (χ0n) is 19.1. The lowest BCUT2D eigenvalue weighted by atomic mass is 10.1. The molecule has 0 unspecified atom stereocenters. The number of hydrogen-bond acceptors (Lipinski definition) is 9. The average molecular weight is 478 g/mol. The van der Waals surface area contributed by atoms with E-state index in [4.69, 9.17) is 14.7 Å². The third kappa shape index (κ3) is 4.49. The van der Waals surface area contributed by atoms with Crippen molar-refractivity contribution in [3.05, 3.63) is 48.2 Å². The van der Waals surface area contributed by atoms with Gasteiger partial charge >= 0.3 is 0 Å². The normalized spacial score (nSPS) is 17.7. The number of aromatic hydroxyl groups is 1. The molecule has 1 saturated carbocycles. The molecule has 1 aliphatic rings. The third-order valence-electron chi connectivity index (χ3n) is 6.19. The van der Waals surface area contributed by atoms with Crippen molar-refractivity contribution in [2.45, 2.75) is 32.2 Å². The van der Waals surface area contributed by atoms with Crippen LogP contribution in [0.15, 0.2) is 42.5 Å². The van der Waals surface area contributed by atoms with Crippen molar-refractivity contribution >= 4 is 39.0 Å². The van der Waals surface area contributed by atoms with Crippen LogP contribution >= 0.6 is 11.3 Å². The summed E-state index contributed by atoms with van der Waals surface area (Å²) in [6, 6.07) is 13.3. The fourth-order valence-electron chi connectivity index (χ4n) is 4.40. The lowest BCUT2D eigenvalue weighted by Gasteiger charge is -2.18. The van der Waals surface area contributed by atoms with Crippen LogP contribution in [-0.2, 0) is 0 Å². The maximum Gasteiger partial charge on any atom is 0.229 e. The van der Waals surface area contributed by atoms with Crippen molar-refractivity contribution in [2.24, 2.45) is 5.92 Å². The van der Waals surface area contributed by atoms with Gasteiger partial charge in [0.2, 0.25) is 5.95 Å². The van der Waals surface area contributed by atoms with Gasteiger partial charge in [0.1, 0.15) is 22.3 Å². The van der Waals surface area contributed by atoms with Crippen LogP contribution < -0.4 is 15.4 Å². The molecule has 1 aliphatic carbocycles. The molecule has 0 aliphatic heterocycles. The van der Waals surface area contributed by atoms with E-state index in [-0.39, 0.29) is 18.4 Å². The standard InChI is InChI=1S/C25H27N5O3S/c1-14-22(24-28-19-5-3-4-6-21(19)34-24)23(27-16-8-7-15(11-16)13-31)30-25(26-14)29-18-10-9-17(33-2)12-20(18)32/h3-6,9-10,12,15-16,31-32H,7-8,11,13H2,1-2H3,(H2,26,27,29,30)/t15-,16+/m1/s1. The van der Waals surface area contributed by atoms with Gasteiger partial charge in [-0.25, -0.2) is 9.97 Å². The molecule has 2 heterocycles. The number of rotatable bonds is 7. The summed E-state index contributed by atoms with van der Waals surface area (Å²) in [6.45, 7) is 2.15. The Bertz CT molecular complexity index is 1290. The van der Waals surface area contributed by atoms with E-state index >= 15 is 0 Å². The van der Waals surface area contributed by atoms with Crippen LogP contribution in [0.2, 0.25) is 0 Å². The summed E-state index contributed by atoms with van der Waals surface area (Å²) < 4.78 is 6.27. The van der Waals surface area contributed by atoms with Gasteiger partial charge in [0.25, 0.3) is 0 Å². The molecule has 4 aromatic rings. The quantitative estimate of drug-likeness (QED) is 0.272. The van der Waals surface area contributed by atoms with Crippen LogP contribution in [0.1, 0.15) is 25.0 Å². The molecule has 0 amide bonds. The van der Waals surface area contributed by atoms with E-state index in [2.05, 4.69) is 21.7 Å². The van der Waals surface area contributed by atoms with Crippen molar-refractivity contribution in [1.29, 1.82) is 0 Å². The lowest BCUT2D eigenvalue weighted by Crippen LogP contribution is -2.19. The van der Waals surface area contributed by atoms with E-state index in [1.165, 1.54) is 6.07 Å². The molecule has 2 aromatic carbocycles. The minimum atomic E-state index is 0.0481. The number of hydrogen-bond donors (Lipinski definition) is 4. The highest BCUT2D eigenvalue weighted by atomic mass is 32.1. The van der Waals surface area contributed by atoms with Crippen LogP contribution in [0.3, 0.4) is 0 Å². The van der Waals surface area contributed by atoms with Gasteiger partial charge in [0, 0.05) is 18.7 Å². The molecule has 8 nitrogen and oxygen atoms in total. The summed E-state index contributed by atoms with van der Waals surface area (Å²) in [5, 5.41) is 27.5. The Labute approximate surface area is 201 Å². The molecule has 2 atom stereocenters. The fraction of sp³-hybridized carbons (Fsp3) is 0.320. The highest BCUT2D eigenvalue weighted by molar-refractivity contribution is 7.21. The number of para-hydroxylation sites is 1. The molecule has 176 valence electrons. The van der Waals surface area contributed by atoms with Gasteiger partial charge < -0.3 is 25.6 Å². The third-order valence-corrected chi connectivity index (χ3v) is 7.24. The first kappa shape index (κ1) is 22.4. The van der Waals surface area contributed by atoms with Gasteiger partial charge in [-0.3, -0.25) is 0 Å². The van der Waals surface area contributed by atoms with Crippen molar-refractivity contribution in [3.63, 3.8) is 0 Å². The number of nitrogens with zero attached hydrogens (tertiary/aromatic N) is 3. The number of aliphatic hydroxyl groups is 1. The van der Waals surface area contributed by atoms with Crippen molar-refractivity contribution in [2.75, 3.05) is 24.4 Å². The lowest BCUT2D eigenvalue weighted by molar-refractivity contribution is 0.229. The predicted molar refractivity (Wildman–Crippen MR) is 135 cm³/mol. The topological polar surface area (TPSA) is 112 Å².